The van der Waals surface area contributed by atoms with Gasteiger partial charge in [0.2, 0.25) is 0 Å². The molecule has 0 bridgehead atoms. The van der Waals surface area contributed by atoms with Gasteiger partial charge in [0.25, 0.3) is 0 Å². The highest BCUT2D eigenvalue weighted by Crippen LogP contribution is 2.40. The van der Waals surface area contributed by atoms with Crippen LogP contribution in [0.2, 0.25) is 0 Å². The Morgan fingerprint density at radius 3 is 2.89 bits per heavy atom. The van der Waals surface area contributed by atoms with Gasteiger partial charge < -0.3 is 15.5 Å². The maximum Gasteiger partial charge on any atom is 0.180 e. The number of imidazole rings is 1. The fourth-order valence-electron chi connectivity index (χ4n) is 3.19. The number of hydrogen-bond donors (Lipinski definition) is 3. The lowest BCUT2D eigenvalue weighted by atomic mass is 10.1. The quantitative estimate of drug-likeness (QED) is 0.617. The van der Waals surface area contributed by atoms with Crippen molar-refractivity contribution in [1.82, 2.24) is 14.4 Å². The van der Waals surface area contributed by atoms with E-state index in [-0.39, 0.29) is 10.8 Å². The minimum atomic E-state index is -0.861. The lowest BCUT2D eigenvalue weighted by Gasteiger charge is -2.15. The standard InChI is InChI=1S/C18H18F2N4O2S/c19-11-3-1-2-10(14(11)20)4-5-21-17-18-23-8-12(24(18)7-6-22-17)16-15(26)13(25)9-27-16/h1-3,6-8,13,15-16,25-26H,4-5,9H2,(H,21,22)/t13-,15-,16+/m1/s1. The van der Waals surface area contributed by atoms with Gasteiger partial charge in [-0.15, -0.1) is 11.8 Å². The van der Waals surface area contributed by atoms with Crippen molar-refractivity contribution in [3.8, 4) is 0 Å². The number of aliphatic hydroxyl groups excluding tert-OH is 2. The summed E-state index contributed by atoms with van der Waals surface area (Å²) >= 11 is 1.48. The van der Waals surface area contributed by atoms with Crippen molar-refractivity contribution >= 4 is 23.2 Å². The number of fused-ring (bicyclic) bond motifs is 1. The zero-order valence-electron chi connectivity index (χ0n) is 14.2. The summed E-state index contributed by atoms with van der Waals surface area (Å²) in [6.45, 7) is 0.356. The van der Waals surface area contributed by atoms with Crippen LogP contribution in [-0.2, 0) is 6.42 Å². The lowest BCUT2D eigenvalue weighted by molar-refractivity contribution is 0.0411. The van der Waals surface area contributed by atoms with Crippen LogP contribution in [0.25, 0.3) is 5.65 Å². The highest BCUT2D eigenvalue weighted by molar-refractivity contribution is 7.99. The zero-order valence-corrected chi connectivity index (χ0v) is 15.0. The van der Waals surface area contributed by atoms with Crippen molar-refractivity contribution in [1.29, 1.82) is 0 Å². The highest BCUT2D eigenvalue weighted by atomic mass is 32.2. The molecule has 1 fully saturated rings. The first-order chi connectivity index (χ1) is 13.1. The normalized spacial score (nSPS) is 22.4. The Balaban J connectivity index is 1.52. The predicted octanol–water partition coefficient (Wildman–Crippen LogP) is 2.17. The minimum absolute atomic E-state index is 0.272. The molecular weight excluding hydrogens is 374 g/mol. The van der Waals surface area contributed by atoms with E-state index in [0.29, 0.717) is 30.2 Å². The van der Waals surface area contributed by atoms with Gasteiger partial charge in [-0.25, -0.2) is 18.7 Å². The van der Waals surface area contributed by atoms with Gasteiger partial charge in [0, 0.05) is 24.7 Å². The molecular formula is C18H18F2N4O2S. The Labute approximate surface area is 158 Å². The Morgan fingerprint density at radius 1 is 1.26 bits per heavy atom. The molecule has 6 nitrogen and oxygen atoms in total. The molecule has 9 heteroatoms. The Hall–Kier alpha value is -2.23. The van der Waals surface area contributed by atoms with Crippen molar-refractivity contribution in [2.45, 2.75) is 23.9 Å². The number of thioether (sulfide) groups is 1. The number of nitrogens with one attached hydrogen (secondary N) is 1. The van der Waals surface area contributed by atoms with E-state index in [1.165, 1.54) is 17.8 Å². The van der Waals surface area contributed by atoms with Gasteiger partial charge in [-0.3, -0.25) is 4.40 Å². The van der Waals surface area contributed by atoms with Gasteiger partial charge in [-0.05, 0) is 18.1 Å². The van der Waals surface area contributed by atoms with Crippen LogP contribution in [0, 0.1) is 11.6 Å². The van der Waals surface area contributed by atoms with Crippen LogP contribution in [0.15, 0.2) is 36.8 Å². The van der Waals surface area contributed by atoms with E-state index in [1.807, 2.05) is 4.40 Å². The largest absolute Gasteiger partial charge is 0.390 e. The van der Waals surface area contributed by atoms with E-state index in [9.17, 15) is 19.0 Å². The van der Waals surface area contributed by atoms with Gasteiger partial charge in [0.1, 0.15) is 0 Å². The molecule has 2 aromatic heterocycles. The molecule has 1 aromatic carbocycles. The molecule has 0 spiro atoms. The van der Waals surface area contributed by atoms with Crippen molar-refractivity contribution in [2.75, 3.05) is 17.6 Å². The van der Waals surface area contributed by atoms with Crippen molar-refractivity contribution in [3.63, 3.8) is 0 Å². The Kier molecular flexibility index (Phi) is 4.98. The first kappa shape index (κ1) is 18.1. The number of rotatable bonds is 5. The van der Waals surface area contributed by atoms with Crippen LogP contribution in [0.5, 0.6) is 0 Å². The van der Waals surface area contributed by atoms with Crippen LogP contribution < -0.4 is 5.32 Å². The molecule has 1 aliphatic heterocycles. The molecule has 3 atom stereocenters. The molecule has 3 N–H and O–H groups in total. The number of aromatic nitrogens is 3. The number of aliphatic hydroxyl groups is 2. The van der Waals surface area contributed by atoms with Crippen molar-refractivity contribution in [2.24, 2.45) is 0 Å². The van der Waals surface area contributed by atoms with E-state index >= 15 is 0 Å². The molecule has 0 amide bonds. The van der Waals surface area contributed by atoms with Crippen molar-refractivity contribution < 1.29 is 19.0 Å². The second-order valence-corrected chi connectivity index (χ2v) is 7.53. The van der Waals surface area contributed by atoms with Gasteiger partial charge >= 0.3 is 0 Å². The van der Waals surface area contributed by atoms with Crippen LogP contribution in [-0.4, -0.2) is 49.1 Å². The third kappa shape index (κ3) is 3.38. The molecule has 1 saturated heterocycles. The number of hydrogen-bond acceptors (Lipinski definition) is 6. The molecule has 1 aliphatic rings. The van der Waals surface area contributed by atoms with E-state index in [0.717, 1.165) is 11.8 Å². The Morgan fingerprint density at radius 2 is 2.11 bits per heavy atom. The van der Waals surface area contributed by atoms with Crippen LogP contribution >= 0.6 is 11.8 Å². The van der Waals surface area contributed by atoms with Crippen LogP contribution in [0.4, 0.5) is 14.6 Å². The second-order valence-electron chi connectivity index (χ2n) is 6.35. The monoisotopic (exact) mass is 392 g/mol. The highest BCUT2D eigenvalue weighted by Gasteiger charge is 2.37. The maximum absolute atomic E-state index is 13.7. The van der Waals surface area contributed by atoms with Gasteiger partial charge in [0.05, 0.1) is 29.3 Å². The molecule has 27 heavy (non-hydrogen) atoms. The summed E-state index contributed by atoms with van der Waals surface area (Å²) in [5, 5.41) is 22.8. The van der Waals surface area contributed by atoms with Gasteiger partial charge in [0.15, 0.2) is 23.1 Å². The van der Waals surface area contributed by atoms with E-state index in [1.54, 1.807) is 24.7 Å². The third-order valence-corrected chi connectivity index (χ3v) is 6.03. The Bertz CT molecular complexity index is 968. The van der Waals surface area contributed by atoms with E-state index < -0.39 is 23.8 Å². The summed E-state index contributed by atoms with van der Waals surface area (Å²) in [6.07, 6.45) is 3.69. The molecule has 0 unspecified atom stereocenters. The molecule has 142 valence electrons. The first-order valence-corrected chi connectivity index (χ1v) is 9.57. The fourth-order valence-corrected chi connectivity index (χ4v) is 4.52. The van der Waals surface area contributed by atoms with E-state index in [2.05, 4.69) is 15.3 Å². The number of nitrogens with zero attached hydrogens (tertiary/aromatic N) is 3. The molecule has 0 saturated carbocycles. The average molecular weight is 392 g/mol. The second kappa shape index (κ2) is 7.41. The zero-order chi connectivity index (χ0) is 19.0. The average Bonchev–Trinajstić information content (AvgIpc) is 3.23. The van der Waals surface area contributed by atoms with Gasteiger partial charge in [-0.2, -0.15) is 0 Å². The summed E-state index contributed by atoms with van der Waals surface area (Å²) in [4.78, 5) is 8.65. The van der Waals surface area contributed by atoms with Crippen molar-refractivity contribution in [3.05, 3.63) is 59.7 Å². The number of halogens is 2. The summed E-state index contributed by atoms with van der Waals surface area (Å²) in [7, 11) is 0. The van der Waals surface area contributed by atoms with E-state index in [4.69, 9.17) is 0 Å². The summed E-state index contributed by atoms with van der Waals surface area (Å²) < 4.78 is 28.8. The third-order valence-electron chi connectivity index (χ3n) is 4.62. The molecule has 0 radical (unpaired) electrons. The van der Waals surface area contributed by atoms with Crippen LogP contribution in [0.1, 0.15) is 16.5 Å². The summed E-state index contributed by atoms with van der Waals surface area (Å²) in [5.41, 5.74) is 1.64. The molecule has 3 heterocycles. The maximum atomic E-state index is 13.7. The minimum Gasteiger partial charge on any atom is -0.390 e. The summed E-state index contributed by atoms with van der Waals surface area (Å²) in [5.74, 6) is -0.715. The topological polar surface area (TPSA) is 82.7 Å². The van der Waals surface area contributed by atoms with Gasteiger partial charge in [-0.1, -0.05) is 12.1 Å². The predicted molar refractivity (Wildman–Crippen MR) is 98.8 cm³/mol. The first-order valence-electron chi connectivity index (χ1n) is 8.52. The number of anilines is 1. The fraction of sp³-hybridized carbons (Fsp3) is 0.333. The van der Waals surface area contributed by atoms with Crippen LogP contribution in [0.3, 0.4) is 0 Å². The number of benzene rings is 1. The SMILES string of the molecule is O[C@@H]1[C@H](O)CS[C@H]1c1cnc2c(NCCc3cccc(F)c3F)nccn12. The smallest absolute Gasteiger partial charge is 0.180 e. The molecule has 0 aliphatic carbocycles. The summed E-state index contributed by atoms with van der Waals surface area (Å²) in [6, 6.07) is 4.12. The molecule has 3 aromatic rings. The lowest BCUT2D eigenvalue weighted by Crippen LogP contribution is -2.25. The molecule has 4 rings (SSSR count).